The van der Waals surface area contributed by atoms with E-state index in [0.29, 0.717) is 18.1 Å². The first-order chi connectivity index (χ1) is 12.6. The van der Waals surface area contributed by atoms with Crippen LogP contribution in [0.2, 0.25) is 10.0 Å². The number of carbonyl (C=O) groups excluding carboxylic acids is 1. The van der Waals surface area contributed by atoms with Crippen LogP contribution < -0.4 is 0 Å². The van der Waals surface area contributed by atoms with Gasteiger partial charge < -0.3 is 9.88 Å². The van der Waals surface area contributed by atoms with Crippen LogP contribution in [0, 0.1) is 0 Å². The minimum absolute atomic E-state index is 0.0512. The van der Waals surface area contributed by atoms with Gasteiger partial charge >= 0.3 is 0 Å². The number of H-pyrrole nitrogens is 1. The first-order valence-corrected chi connectivity index (χ1v) is 9.11. The minimum atomic E-state index is -0.618. The van der Waals surface area contributed by atoms with Crippen LogP contribution in [0.1, 0.15) is 22.9 Å². The second-order valence-electron chi connectivity index (χ2n) is 6.42. The smallest absolute Gasteiger partial charge is 0.252 e. The van der Waals surface area contributed by atoms with Crippen LogP contribution in [-0.4, -0.2) is 29.1 Å². The van der Waals surface area contributed by atoms with Crippen molar-refractivity contribution in [2.75, 3.05) is 6.54 Å². The molecule has 0 aliphatic carbocycles. The van der Waals surface area contributed by atoms with E-state index < -0.39 is 6.04 Å². The van der Waals surface area contributed by atoms with Gasteiger partial charge in [0.05, 0.1) is 6.54 Å². The average molecular weight is 386 g/mol. The molecule has 0 radical (unpaired) electrons. The standard InChI is InChI=1S/C20H17Cl2N3O/c1-23-19(12-2-4-13(21)5-3-12)20(26)25-9-8-15-16-10-14(22)6-7-17(16)24-18(15)11-25/h2-7,10,19,24H,1,8-9,11H2/t19-/m1/s1. The number of nitrogens with zero attached hydrogens (tertiary/aromatic N) is 2. The Kier molecular flexibility index (Phi) is 4.47. The van der Waals surface area contributed by atoms with Crippen LogP contribution in [0.15, 0.2) is 47.5 Å². The van der Waals surface area contributed by atoms with Crippen LogP contribution in [0.25, 0.3) is 10.9 Å². The topological polar surface area (TPSA) is 48.5 Å². The maximum atomic E-state index is 13.0. The first kappa shape index (κ1) is 17.1. The van der Waals surface area contributed by atoms with Gasteiger partial charge in [-0.15, -0.1) is 0 Å². The summed E-state index contributed by atoms with van der Waals surface area (Å²) in [6.07, 6.45) is 0.784. The van der Waals surface area contributed by atoms with E-state index in [0.717, 1.165) is 33.6 Å². The fourth-order valence-corrected chi connectivity index (χ4v) is 3.84. The average Bonchev–Trinajstić information content (AvgIpc) is 3.00. The van der Waals surface area contributed by atoms with Crippen molar-refractivity contribution in [2.24, 2.45) is 4.99 Å². The molecule has 3 aromatic rings. The highest BCUT2D eigenvalue weighted by Crippen LogP contribution is 2.31. The van der Waals surface area contributed by atoms with E-state index in [4.69, 9.17) is 23.2 Å². The van der Waals surface area contributed by atoms with E-state index in [1.807, 2.05) is 35.2 Å². The molecule has 4 rings (SSSR count). The summed E-state index contributed by atoms with van der Waals surface area (Å²) in [5.41, 5.74) is 4.13. The number of halogens is 2. The predicted octanol–water partition coefficient (Wildman–Crippen LogP) is 4.80. The number of aliphatic imine (C=N–C) groups is 1. The Balaban J connectivity index is 1.61. The van der Waals surface area contributed by atoms with Gasteiger partial charge in [0.15, 0.2) is 6.04 Å². The summed E-state index contributed by atoms with van der Waals surface area (Å²) >= 11 is 12.1. The van der Waals surface area contributed by atoms with Crippen molar-refractivity contribution in [3.8, 4) is 0 Å². The Hall–Kier alpha value is -2.30. The maximum absolute atomic E-state index is 13.0. The molecule has 1 N–H and O–H groups in total. The molecule has 0 bridgehead atoms. The number of carbonyl (C=O) groups is 1. The van der Waals surface area contributed by atoms with Crippen molar-refractivity contribution in [2.45, 2.75) is 19.0 Å². The number of aromatic nitrogens is 1. The van der Waals surface area contributed by atoms with Crippen LogP contribution in [-0.2, 0) is 17.8 Å². The Bertz CT molecular complexity index is 994. The molecule has 132 valence electrons. The van der Waals surface area contributed by atoms with E-state index in [1.54, 1.807) is 12.1 Å². The lowest BCUT2D eigenvalue weighted by Gasteiger charge is -2.29. The Labute approximate surface area is 161 Å². The molecule has 2 heterocycles. The summed E-state index contributed by atoms with van der Waals surface area (Å²) in [7, 11) is 0. The maximum Gasteiger partial charge on any atom is 0.252 e. The molecule has 0 spiro atoms. The zero-order valence-corrected chi connectivity index (χ0v) is 15.5. The molecule has 0 saturated carbocycles. The molecule has 1 aliphatic heterocycles. The van der Waals surface area contributed by atoms with E-state index in [2.05, 4.69) is 16.7 Å². The van der Waals surface area contributed by atoms with Crippen molar-refractivity contribution in [1.82, 2.24) is 9.88 Å². The van der Waals surface area contributed by atoms with E-state index in [-0.39, 0.29) is 5.91 Å². The predicted molar refractivity (Wildman–Crippen MR) is 106 cm³/mol. The van der Waals surface area contributed by atoms with Gasteiger partial charge in [-0.1, -0.05) is 35.3 Å². The van der Waals surface area contributed by atoms with E-state index in [9.17, 15) is 4.79 Å². The highest BCUT2D eigenvalue weighted by molar-refractivity contribution is 6.31. The van der Waals surface area contributed by atoms with Gasteiger partial charge in [-0.05, 0) is 54.6 Å². The lowest BCUT2D eigenvalue weighted by atomic mass is 10.0. The summed E-state index contributed by atoms with van der Waals surface area (Å²) in [5.74, 6) is -0.0512. The molecule has 6 heteroatoms. The monoisotopic (exact) mass is 385 g/mol. The van der Waals surface area contributed by atoms with Gasteiger partial charge in [-0.2, -0.15) is 0 Å². The zero-order chi connectivity index (χ0) is 18.3. The summed E-state index contributed by atoms with van der Waals surface area (Å²) in [6, 6.07) is 12.4. The third-order valence-corrected chi connectivity index (χ3v) is 5.34. The first-order valence-electron chi connectivity index (χ1n) is 8.36. The summed E-state index contributed by atoms with van der Waals surface area (Å²) in [6.45, 7) is 4.78. The second-order valence-corrected chi connectivity index (χ2v) is 7.29. The molecule has 26 heavy (non-hydrogen) atoms. The third kappa shape index (κ3) is 3.00. The fraction of sp³-hybridized carbons (Fsp3) is 0.200. The minimum Gasteiger partial charge on any atom is -0.357 e. The largest absolute Gasteiger partial charge is 0.357 e. The van der Waals surface area contributed by atoms with Crippen molar-refractivity contribution in [3.63, 3.8) is 0 Å². The Morgan fingerprint density at radius 2 is 1.88 bits per heavy atom. The van der Waals surface area contributed by atoms with Crippen LogP contribution in [0.4, 0.5) is 0 Å². The summed E-state index contributed by atoms with van der Waals surface area (Å²) in [4.78, 5) is 22.3. The van der Waals surface area contributed by atoms with Gasteiger partial charge in [0, 0.05) is 33.2 Å². The molecule has 2 aromatic carbocycles. The van der Waals surface area contributed by atoms with E-state index >= 15 is 0 Å². The molecule has 0 fully saturated rings. The number of aromatic amines is 1. The Morgan fingerprint density at radius 3 is 2.62 bits per heavy atom. The van der Waals surface area contributed by atoms with Gasteiger partial charge in [0.2, 0.25) is 0 Å². The molecule has 1 aromatic heterocycles. The second kappa shape index (κ2) is 6.78. The fourth-order valence-electron chi connectivity index (χ4n) is 3.55. The van der Waals surface area contributed by atoms with Crippen molar-refractivity contribution >= 4 is 46.7 Å². The molecule has 1 aliphatic rings. The van der Waals surface area contributed by atoms with Crippen LogP contribution in [0.3, 0.4) is 0 Å². The quantitative estimate of drug-likeness (QED) is 0.646. The van der Waals surface area contributed by atoms with E-state index in [1.165, 1.54) is 5.56 Å². The normalized spacial score (nSPS) is 14.9. The number of hydrogen-bond donors (Lipinski definition) is 1. The molecule has 0 unspecified atom stereocenters. The number of hydrogen-bond acceptors (Lipinski definition) is 2. The number of benzene rings is 2. The zero-order valence-electron chi connectivity index (χ0n) is 14.0. The van der Waals surface area contributed by atoms with Crippen LogP contribution in [0.5, 0.6) is 0 Å². The molecular weight excluding hydrogens is 369 g/mol. The third-order valence-electron chi connectivity index (χ3n) is 4.85. The number of nitrogens with one attached hydrogen (secondary N) is 1. The lowest BCUT2D eigenvalue weighted by molar-refractivity contribution is -0.133. The Morgan fingerprint density at radius 1 is 1.15 bits per heavy atom. The highest BCUT2D eigenvalue weighted by Gasteiger charge is 2.29. The number of fused-ring (bicyclic) bond motifs is 3. The number of rotatable bonds is 3. The molecule has 1 amide bonds. The summed E-state index contributed by atoms with van der Waals surface area (Å²) < 4.78 is 0. The lowest BCUT2D eigenvalue weighted by Crippen LogP contribution is -2.38. The molecule has 4 nitrogen and oxygen atoms in total. The molecule has 1 atom stereocenters. The molecular formula is C20H17Cl2N3O. The SMILES string of the molecule is C=N[C@@H](C(=O)N1CCc2c([nH]c3ccc(Cl)cc23)C1)c1ccc(Cl)cc1. The van der Waals surface area contributed by atoms with Crippen molar-refractivity contribution in [3.05, 3.63) is 69.3 Å². The van der Waals surface area contributed by atoms with Gasteiger partial charge in [0.25, 0.3) is 5.91 Å². The van der Waals surface area contributed by atoms with Gasteiger partial charge in [-0.3, -0.25) is 9.79 Å². The van der Waals surface area contributed by atoms with Gasteiger partial charge in [0.1, 0.15) is 0 Å². The van der Waals surface area contributed by atoms with Crippen molar-refractivity contribution in [1.29, 1.82) is 0 Å². The molecule has 0 saturated heterocycles. The van der Waals surface area contributed by atoms with Crippen LogP contribution >= 0.6 is 23.2 Å². The number of amides is 1. The van der Waals surface area contributed by atoms with Gasteiger partial charge in [-0.25, -0.2) is 0 Å². The van der Waals surface area contributed by atoms with Crippen molar-refractivity contribution < 1.29 is 4.79 Å². The summed E-state index contributed by atoms with van der Waals surface area (Å²) in [5, 5.41) is 2.48. The highest BCUT2D eigenvalue weighted by atomic mass is 35.5.